The van der Waals surface area contributed by atoms with E-state index in [1.165, 1.54) is 18.9 Å². The predicted octanol–water partition coefficient (Wildman–Crippen LogP) is 2.14. The van der Waals surface area contributed by atoms with Crippen LogP contribution in [0.15, 0.2) is 18.2 Å². The zero-order chi connectivity index (χ0) is 13.0. The molecule has 3 N–H and O–H groups in total. The molecular weight excluding hydrogens is 231 g/mol. The van der Waals surface area contributed by atoms with Gasteiger partial charge in [0.1, 0.15) is 5.82 Å². The maximum absolute atomic E-state index is 13.3. The van der Waals surface area contributed by atoms with E-state index in [2.05, 4.69) is 4.90 Å². The number of aliphatic hydroxyl groups excluding tert-OH is 1. The summed E-state index contributed by atoms with van der Waals surface area (Å²) in [6.45, 7) is 1.94. The molecule has 2 rings (SSSR count). The molecule has 1 unspecified atom stereocenters. The largest absolute Gasteiger partial charge is 0.399 e. The van der Waals surface area contributed by atoms with Gasteiger partial charge < -0.3 is 10.8 Å². The Kier molecular flexibility index (Phi) is 4.55. The summed E-state index contributed by atoms with van der Waals surface area (Å²) in [4.78, 5) is 2.33. The highest BCUT2D eigenvalue weighted by Crippen LogP contribution is 2.22. The second-order valence-electron chi connectivity index (χ2n) is 5.03. The van der Waals surface area contributed by atoms with E-state index in [4.69, 9.17) is 10.8 Å². The summed E-state index contributed by atoms with van der Waals surface area (Å²) in [6.07, 6.45) is 4.30. The predicted molar refractivity (Wildman–Crippen MR) is 70.6 cm³/mol. The molecule has 0 aliphatic carbocycles. The number of hydrogen-bond donors (Lipinski definition) is 2. The Balaban J connectivity index is 2.05. The number of hydrogen-bond acceptors (Lipinski definition) is 3. The zero-order valence-corrected chi connectivity index (χ0v) is 10.6. The standard InChI is InChI=1S/C14H21FN2O/c15-12-7-11(8-13(16)9-12)10-17-5-2-1-3-14(17)4-6-18/h7-9,14,18H,1-6,10,16H2. The van der Waals surface area contributed by atoms with Crippen LogP contribution in [0, 0.1) is 5.82 Å². The van der Waals surface area contributed by atoms with Crippen molar-refractivity contribution in [2.75, 3.05) is 18.9 Å². The van der Waals surface area contributed by atoms with Crippen LogP contribution >= 0.6 is 0 Å². The van der Waals surface area contributed by atoms with Crippen molar-refractivity contribution in [2.24, 2.45) is 0 Å². The van der Waals surface area contributed by atoms with E-state index in [1.807, 2.05) is 6.07 Å². The first-order chi connectivity index (χ1) is 8.69. The molecule has 1 heterocycles. The van der Waals surface area contributed by atoms with Gasteiger partial charge in [-0.15, -0.1) is 0 Å². The Labute approximate surface area is 107 Å². The fourth-order valence-corrected chi connectivity index (χ4v) is 2.75. The van der Waals surface area contributed by atoms with E-state index in [-0.39, 0.29) is 12.4 Å². The Morgan fingerprint density at radius 2 is 2.17 bits per heavy atom. The van der Waals surface area contributed by atoms with Crippen molar-refractivity contribution in [1.82, 2.24) is 4.90 Å². The van der Waals surface area contributed by atoms with Gasteiger partial charge in [0, 0.05) is 24.9 Å². The molecule has 3 nitrogen and oxygen atoms in total. The summed E-state index contributed by atoms with van der Waals surface area (Å²) in [5, 5.41) is 9.08. The molecule has 1 aliphatic heterocycles. The number of piperidine rings is 1. The summed E-state index contributed by atoms with van der Waals surface area (Å²) < 4.78 is 13.3. The lowest BCUT2D eigenvalue weighted by atomic mass is 9.98. The minimum absolute atomic E-state index is 0.215. The van der Waals surface area contributed by atoms with Gasteiger partial charge in [0.2, 0.25) is 0 Å². The van der Waals surface area contributed by atoms with Crippen molar-refractivity contribution in [2.45, 2.75) is 38.3 Å². The Morgan fingerprint density at radius 1 is 1.33 bits per heavy atom. The van der Waals surface area contributed by atoms with Crippen LogP contribution in [0.2, 0.25) is 0 Å². The smallest absolute Gasteiger partial charge is 0.125 e. The second-order valence-corrected chi connectivity index (χ2v) is 5.03. The van der Waals surface area contributed by atoms with Gasteiger partial charge in [0.15, 0.2) is 0 Å². The SMILES string of the molecule is Nc1cc(F)cc(CN2CCCCC2CCO)c1. The van der Waals surface area contributed by atoms with Gasteiger partial charge in [0.05, 0.1) is 0 Å². The maximum atomic E-state index is 13.3. The first kappa shape index (κ1) is 13.3. The van der Waals surface area contributed by atoms with Crippen LogP contribution in [0.1, 0.15) is 31.2 Å². The number of anilines is 1. The van der Waals surface area contributed by atoms with Gasteiger partial charge in [-0.1, -0.05) is 6.42 Å². The molecule has 18 heavy (non-hydrogen) atoms. The van der Waals surface area contributed by atoms with E-state index in [1.54, 1.807) is 6.07 Å². The monoisotopic (exact) mass is 252 g/mol. The van der Waals surface area contributed by atoms with E-state index in [0.29, 0.717) is 18.3 Å². The van der Waals surface area contributed by atoms with Crippen molar-refractivity contribution >= 4 is 5.69 Å². The molecular formula is C14H21FN2O. The summed E-state index contributed by atoms with van der Waals surface area (Å²) in [5.74, 6) is -0.277. The lowest BCUT2D eigenvalue weighted by molar-refractivity contribution is 0.112. The molecule has 0 bridgehead atoms. The average molecular weight is 252 g/mol. The lowest BCUT2D eigenvalue weighted by Crippen LogP contribution is -2.39. The molecule has 1 aliphatic rings. The van der Waals surface area contributed by atoms with Crippen molar-refractivity contribution < 1.29 is 9.50 Å². The molecule has 0 aromatic heterocycles. The summed E-state index contributed by atoms with van der Waals surface area (Å²) in [7, 11) is 0. The summed E-state index contributed by atoms with van der Waals surface area (Å²) >= 11 is 0. The van der Waals surface area contributed by atoms with Crippen molar-refractivity contribution in [3.63, 3.8) is 0 Å². The highest BCUT2D eigenvalue weighted by Gasteiger charge is 2.21. The normalized spacial score (nSPS) is 21.1. The minimum Gasteiger partial charge on any atom is -0.399 e. The summed E-state index contributed by atoms with van der Waals surface area (Å²) in [5.41, 5.74) is 7.05. The van der Waals surface area contributed by atoms with Crippen LogP contribution in [-0.2, 0) is 6.54 Å². The van der Waals surface area contributed by atoms with Crippen LogP contribution < -0.4 is 5.73 Å². The molecule has 4 heteroatoms. The van der Waals surface area contributed by atoms with Crippen molar-refractivity contribution in [1.29, 1.82) is 0 Å². The number of nitrogens with zero attached hydrogens (tertiary/aromatic N) is 1. The number of nitrogens with two attached hydrogens (primary N) is 1. The first-order valence-corrected chi connectivity index (χ1v) is 6.59. The van der Waals surface area contributed by atoms with Gasteiger partial charge in [-0.05, 0) is 49.6 Å². The molecule has 1 aromatic carbocycles. The molecule has 1 fully saturated rings. The molecule has 100 valence electrons. The van der Waals surface area contributed by atoms with Crippen LogP contribution in [0.3, 0.4) is 0 Å². The molecule has 0 amide bonds. The third kappa shape index (κ3) is 3.43. The number of likely N-dealkylation sites (tertiary alicyclic amines) is 1. The Morgan fingerprint density at radius 3 is 2.89 bits per heavy atom. The number of rotatable bonds is 4. The molecule has 0 spiro atoms. The van der Waals surface area contributed by atoms with Crippen LogP contribution in [-0.4, -0.2) is 29.2 Å². The third-order valence-corrected chi connectivity index (χ3v) is 3.58. The van der Waals surface area contributed by atoms with Crippen LogP contribution in [0.4, 0.5) is 10.1 Å². The number of halogens is 1. The minimum atomic E-state index is -0.277. The summed E-state index contributed by atoms with van der Waals surface area (Å²) in [6, 6.07) is 5.12. The number of nitrogen functional groups attached to an aromatic ring is 1. The van der Waals surface area contributed by atoms with Crippen LogP contribution in [0.5, 0.6) is 0 Å². The van der Waals surface area contributed by atoms with Crippen molar-refractivity contribution in [3.05, 3.63) is 29.6 Å². The highest BCUT2D eigenvalue weighted by molar-refractivity contribution is 5.41. The fraction of sp³-hybridized carbons (Fsp3) is 0.571. The quantitative estimate of drug-likeness (QED) is 0.807. The van der Waals surface area contributed by atoms with E-state index in [9.17, 15) is 4.39 Å². The van der Waals surface area contributed by atoms with Gasteiger partial charge >= 0.3 is 0 Å². The van der Waals surface area contributed by atoms with Crippen LogP contribution in [0.25, 0.3) is 0 Å². The van der Waals surface area contributed by atoms with Gasteiger partial charge in [0.25, 0.3) is 0 Å². The molecule has 1 atom stereocenters. The zero-order valence-electron chi connectivity index (χ0n) is 10.6. The van der Waals surface area contributed by atoms with Crippen molar-refractivity contribution in [3.8, 4) is 0 Å². The molecule has 1 aromatic rings. The third-order valence-electron chi connectivity index (χ3n) is 3.58. The molecule has 1 saturated heterocycles. The Bertz CT molecular complexity index is 375. The lowest BCUT2D eigenvalue weighted by Gasteiger charge is -2.35. The van der Waals surface area contributed by atoms with Gasteiger partial charge in [-0.25, -0.2) is 4.39 Å². The van der Waals surface area contributed by atoms with E-state index < -0.39 is 0 Å². The van der Waals surface area contributed by atoms with Gasteiger partial charge in [-0.3, -0.25) is 4.90 Å². The second kappa shape index (κ2) is 6.16. The fourth-order valence-electron chi connectivity index (χ4n) is 2.75. The Hall–Kier alpha value is -1.13. The van der Waals surface area contributed by atoms with E-state index in [0.717, 1.165) is 24.9 Å². The maximum Gasteiger partial charge on any atom is 0.125 e. The first-order valence-electron chi connectivity index (χ1n) is 6.59. The topological polar surface area (TPSA) is 49.5 Å². The van der Waals surface area contributed by atoms with Gasteiger partial charge in [-0.2, -0.15) is 0 Å². The van der Waals surface area contributed by atoms with E-state index >= 15 is 0 Å². The average Bonchev–Trinajstić information content (AvgIpc) is 2.30. The number of benzene rings is 1. The number of aliphatic hydroxyl groups is 1. The molecule has 0 saturated carbocycles. The molecule has 0 radical (unpaired) electrons. The highest BCUT2D eigenvalue weighted by atomic mass is 19.1.